The van der Waals surface area contributed by atoms with E-state index in [-0.39, 0.29) is 11.8 Å². The Kier molecular flexibility index (Phi) is 8.31. The van der Waals surface area contributed by atoms with Crippen LogP contribution in [0.5, 0.6) is 0 Å². The molecule has 0 saturated heterocycles. The Morgan fingerprint density at radius 3 is 2.29 bits per heavy atom. The molecule has 5 heteroatoms. The molecule has 0 spiro atoms. The number of pyridine rings is 1. The van der Waals surface area contributed by atoms with Crippen molar-refractivity contribution in [1.82, 2.24) is 4.98 Å². The number of aromatic nitrogens is 1. The number of hydrogen-bond donors (Lipinski definition) is 2. The minimum absolute atomic E-state index is 0.0545. The van der Waals surface area contributed by atoms with E-state index < -0.39 is 0 Å². The van der Waals surface area contributed by atoms with Crippen LogP contribution in [0, 0.1) is 17.8 Å². The Labute approximate surface area is 203 Å². The van der Waals surface area contributed by atoms with Crippen LogP contribution in [-0.2, 0) is 17.9 Å². The number of benzene rings is 2. The van der Waals surface area contributed by atoms with Crippen LogP contribution in [0.2, 0.25) is 0 Å². The number of nitrogens with two attached hydrogens (primary N) is 1. The summed E-state index contributed by atoms with van der Waals surface area (Å²) in [6.07, 6.45) is 5.81. The minimum atomic E-state index is 0.0545. The number of carbonyl (C=O) groups excluding carboxylic acids is 1. The summed E-state index contributed by atoms with van der Waals surface area (Å²) in [7, 11) is 0. The van der Waals surface area contributed by atoms with E-state index in [0.29, 0.717) is 24.9 Å². The van der Waals surface area contributed by atoms with E-state index in [4.69, 9.17) is 5.73 Å². The van der Waals surface area contributed by atoms with E-state index in [1.54, 1.807) is 6.20 Å². The highest BCUT2D eigenvalue weighted by Gasteiger charge is 2.32. The van der Waals surface area contributed by atoms with E-state index >= 15 is 0 Å². The second-order valence-corrected chi connectivity index (χ2v) is 9.47. The van der Waals surface area contributed by atoms with Gasteiger partial charge in [0.2, 0.25) is 5.91 Å². The smallest absolute Gasteiger partial charge is 0.230 e. The lowest BCUT2D eigenvalue weighted by Crippen LogP contribution is -2.38. The van der Waals surface area contributed by atoms with Crippen molar-refractivity contribution in [2.45, 2.75) is 45.7 Å². The highest BCUT2D eigenvalue weighted by molar-refractivity contribution is 5.95. The van der Waals surface area contributed by atoms with E-state index in [9.17, 15) is 4.79 Å². The Bertz CT molecular complexity index is 1030. The average Bonchev–Trinajstić information content (AvgIpc) is 2.91. The normalized spacial score (nSPS) is 18.8. The Hall–Kier alpha value is -3.18. The third kappa shape index (κ3) is 6.23. The highest BCUT2D eigenvalue weighted by atomic mass is 16.2. The Morgan fingerprint density at radius 2 is 1.65 bits per heavy atom. The van der Waals surface area contributed by atoms with E-state index in [1.807, 2.05) is 53.4 Å². The maximum Gasteiger partial charge on any atom is 0.230 e. The number of hydrogen-bond acceptors (Lipinski definition) is 4. The first-order chi connectivity index (χ1) is 16.6. The van der Waals surface area contributed by atoms with Crippen LogP contribution in [0.15, 0.2) is 79.0 Å². The highest BCUT2D eigenvalue weighted by Crippen LogP contribution is 2.35. The number of carbonyl (C=O) groups is 1. The maximum atomic E-state index is 13.8. The average molecular weight is 457 g/mol. The third-order valence-corrected chi connectivity index (χ3v) is 7.12. The van der Waals surface area contributed by atoms with Gasteiger partial charge in [0, 0.05) is 30.4 Å². The summed E-state index contributed by atoms with van der Waals surface area (Å²) in [6.45, 7) is 4.20. The van der Waals surface area contributed by atoms with Gasteiger partial charge in [-0.1, -0.05) is 67.6 Å². The van der Waals surface area contributed by atoms with Gasteiger partial charge in [-0.3, -0.25) is 4.79 Å². The molecule has 1 unspecified atom stereocenters. The SMILES string of the molecule is CC(CN)C1CCC(C(=O)N(Cc2ccccc2)c2ccnc(NCc3ccccc3)c2)CC1. The molecule has 1 aliphatic carbocycles. The van der Waals surface area contributed by atoms with Crippen molar-refractivity contribution in [3.63, 3.8) is 0 Å². The zero-order chi connectivity index (χ0) is 23.8. The zero-order valence-corrected chi connectivity index (χ0v) is 20.1. The van der Waals surface area contributed by atoms with Crippen LogP contribution in [0.3, 0.4) is 0 Å². The number of amides is 1. The number of anilines is 2. The molecule has 0 radical (unpaired) electrons. The molecule has 1 amide bonds. The van der Waals surface area contributed by atoms with Crippen molar-refractivity contribution in [3.8, 4) is 0 Å². The lowest BCUT2D eigenvalue weighted by molar-refractivity contribution is -0.123. The van der Waals surface area contributed by atoms with Gasteiger partial charge in [0.05, 0.1) is 6.54 Å². The summed E-state index contributed by atoms with van der Waals surface area (Å²) in [5, 5.41) is 3.40. The zero-order valence-electron chi connectivity index (χ0n) is 20.1. The molecule has 1 saturated carbocycles. The van der Waals surface area contributed by atoms with Crippen LogP contribution in [0.25, 0.3) is 0 Å². The molecular formula is C29H36N4O. The van der Waals surface area contributed by atoms with Gasteiger partial charge < -0.3 is 16.0 Å². The molecule has 1 fully saturated rings. The van der Waals surface area contributed by atoms with Crippen molar-refractivity contribution in [2.24, 2.45) is 23.5 Å². The summed E-state index contributed by atoms with van der Waals surface area (Å²) < 4.78 is 0. The van der Waals surface area contributed by atoms with Gasteiger partial charge in [-0.05, 0) is 61.3 Å². The quantitative estimate of drug-likeness (QED) is 0.438. The van der Waals surface area contributed by atoms with Crippen LogP contribution in [0.4, 0.5) is 11.5 Å². The van der Waals surface area contributed by atoms with Crippen LogP contribution in [0.1, 0.15) is 43.7 Å². The second-order valence-electron chi connectivity index (χ2n) is 9.47. The molecule has 0 aliphatic heterocycles. The first-order valence-corrected chi connectivity index (χ1v) is 12.4. The molecule has 5 nitrogen and oxygen atoms in total. The van der Waals surface area contributed by atoms with Gasteiger partial charge in [-0.2, -0.15) is 0 Å². The molecule has 34 heavy (non-hydrogen) atoms. The molecule has 1 aromatic heterocycles. The van der Waals surface area contributed by atoms with Gasteiger partial charge >= 0.3 is 0 Å². The van der Waals surface area contributed by atoms with Crippen molar-refractivity contribution in [3.05, 3.63) is 90.1 Å². The van der Waals surface area contributed by atoms with Gasteiger partial charge in [-0.25, -0.2) is 4.98 Å². The summed E-state index contributed by atoms with van der Waals surface area (Å²) in [5.74, 6) is 2.19. The monoisotopic (exact) mass is 456 g/mol. The molecule has 2 aromatic carbocycles. The summed E-state index contributed by atoms with van der Waals surface area (Å²) in [4.78, 5) is 20.2. The van der Waals surface area contributed by atoms with Crippen LogP contribution >= 0.6 is 0 Å². The largest absolute Gasteiger partial charge is 0.366 e. The lowest BCUT2D eigenvalue weighted by atomic mass is 9.76. The van der Waals surface area contributed by atoms with Crippen molar-refractivity contribution < 1.29 is 4.79 Å². The molecule has 1 aliphatic rings. The Morgan fingerprint density at radius 1 is 1.00 bits per heavy atom. The van der Waals surface area contributed by atoms with Crippen LogP contribution in [-0.4, -0.2) is 17.4 Å². The van der Waals surface area contributed by atoms with Gasteiger partial charge in [0.1, 0.15) is 5.82 Å². The predicted octanol–water partition coefficient (Wildman–Crippen LogP) is 5.63. The maximum absolute atomic E-state index is 13.8. The molecule has 178 valence electrons. The first-order valence-electron chi connectivity index (χ1n) is 12.4. The second kappa shape index (κ2) is 11.8. The fourth-order valence-electron chi connectivity index (χ4n) is 4.88. The van der Waals surface area contributed by atoms with Crippen molar-refractivity contribution in [1.29, 1.82) is 0 Å². The Balaban J connectivity index is 1.51. The summed E-state index contributed by atoms with van der Waals surface area (Å²) in [5.41, 5.74) is 9.09. The van der Waals surface area contributed by atoms with Crippen molar-refractivity contribution in [2.75, 3.05) is 16.8 Å². The minimum Gasteiger partial charge on any atom is -0.366 e. The number of nitrogens with zero attached hydrogens (tertiary/aromatic N) is 2. The van der Waals surface area contributed by atoms with Crippen molar-refractivity contribution >= 4 is 17.4 Å². The van der Waals surface area contributed by atoms with Gasteiger partial charge in [0.15, 0.2) is 0 Å². The fourth-order valence-corrected chi connectivity index (χ4v) is 4.88. The topological polar surface area (TPSA) is 71.2 Å². The third-order valence-electron chi connectivity index (χ3n) is 7.12. The summed E-state index contributed by atoms with van der Waals surface area (Å²) >= 11 is 0. The van der Waals surface area contributed by atoms with Gasteiger partial charge in [0.25, 0.3) is 0 Å². The number of rotatable bonds is 9. The fraction of sp³-hybridized carbons (Fsp3) is 0.379. The molecule has 3 N–H and O–H groups in total. The predicted molar refractivity (Wildman–Crippen MR) is 139 cm³/mol. The molecular weight excluding hydrogens is 420 g/mol. The standard InChI is InChI=1S/C29H36N4O/c1-22(19-30)25-12-14-26(15-13-25)29(34)33(21-24-10-6-3-7-11-24)27-16-17-31-28(18-27)32-20-23-8-4-2-5-9-23/h2-11,16-18,22,25-26H,12-15,19-21,30H2,1H3,(H,31,32). The van der Waals surface area contributed by atoms with E-state index in [2.05, 4.69) is 41.5 Å². The van der Waals surface area contributed by atoms with Crippen LogP contribution < -0.4 is 16.0 Å². The molecule has 4 rings (SSSR count). The molecule has 0 bridgehead atoms. The number of nitrogens with one attached hydrogen (secondary N) is 1. The first kappa shape index (κ1) is 24.0. The van der Waals surface area contributed by atoms with Gasteiger partial charge in [-0.15, -0.1) is 0 Å². The lowest BCUT2D eigenvalue weighted by Gasteiger charge is -2.34. The summed E-state index contributed by atoms with van der Waals surface area (Å²) in [6, 6.07) is 24.4. The molecule has 3 aromatic rings. The van der Waals surface area contributed by atoms with E-state index in [1.165, 1.54) is 5.56 Å². The molecule has 1 heterocycles. The molecule has 1 atom stereocenters. The van der Waals surface area contributed by atoms with E-state index in [0.717, 1.165) is 49.3 Å².